The van der Waals surface area contributed by atoms with Crippen LogP contribution in [-0.2, 0) is 4.74 Å². The second kappa shape index (κ2) is 6.40. The lowest BCUT2D eigenvalue weighted by Crippen LogP contribution is -2.35. The minimum atomic E-state index is -0.126. The topological polar surface area (TPSA) is 64.3 Å². The van der Waals surface area contributed by atoms with Gasteiger partial charge in [0.2, 0.25) is 0 Å². The summed E-state index contributed by atoms with van der Waals surface area (Å²) in [6, 6.07) is 7.08. The summed E-state index contributed by atoms with van der Waals surface area (Å²) in [5.74, 6) is -0.126. The third-order valence-corrected chi connectivity index (χ3v) is 2.92. The van der Waals surface area contributed by atoms with Crippen LogP contribution in [-0.4, -0.2) is 26.2 Å². The normalized spacial score (nSPS) is 11.3. The molecule has 4 nitrogen and oxygen atoms in total. The molecule has 18 heavy (non-hydrogen) atoms. The van der Waals surface area contributed by atoms with Crippen LogP contribution < -0.4 is 11.1 Å². The van der Waals surface area contributed by atoms with Crippen molar-refractivity contribution in [2.24, 2.45) is 5.41 Å². The summed E-state index contributed by atoms with van der Waals surface area (Å²) in [5, 5.41) is 2.91. The largest absolute Gasteiger partial charge is 0.398 e. The number of rotatable bonds is 6. The Hall–Kier alpha value is -1.55. The molecule has 0 fully saturated rings. The molecule has 100 valence electrons. The summed E-state index contributed by atoms with van der Waals surface area (Å²) in [6.07, 6.45) is 0.897. The van der Waals surface area contributed by atoms with Crippen molar-refractivity contribution in [1.29, 1.82) is 0 Å². The Kier molecular flexibility index (Phi) is 5.16. The molecule has 0 aliphatic heterocycles. The quantitative estimate of drug-likeness (QED) is 0.760. The molecule has 0 spiro atoms. The maximum Gasteiger partial charge on any atom is 0.253 e. The Morgan fingerprint density at radius 1 is 1.39 bits per heavy atom. The second-order valence-corrected chi connectivity index (χ2v) is 5.18. The van der Waals surface area contributed by atoms with E-state index in [4.69, 9.17) is 10.5 Å². The molecule has 0 heterocycles. The number of amides is 1. The highest BCUT2D eigenvalue weighted by Gasteiger charge is 2.19. The number of carbonyl (C=O) groups is 1. The number of ether oxygens (including phenoxy) is 1. The van der Waals surface area contributed by atoms with Gasteiger partial charge >= 0.3 is 0 Å². The molecule has 1 aromatic carbocycles. The molecule has 0 aliphatic rings. The van der Waals surface area contributed by atoms with Gasteiger partial charge in [0.1, 0.15) is 0 Å². The van der Waals surface area contributed by atoms with E-state index in [0.717, 1.165) is 6.42 Å². The maximum atomic E-state index is 12.0. The van der Waals surface area contributed by atoms with E-state index in [-0.39, 0.29) is 11.3 Å². The lowest BCUT2D eigenvalue weighted by molar-refractivity contribution is 0.0922. The van der Waals surface area contributed by atoms with Gasteiger partial charge in [-0.3, -0.25) is 4.79 Å². The lowest BCUT2D eigenvalue weighted by Gasteiger charge is -2.24. The summed E-state index contributed by atoms with van der Waals surface area (Å²) >= 11 is 0. The third-order valence-electron chi connectivity index (χ3n) is 2.92. The number of para-hydroxylation sites is 1. The average molecular weight is 250 g/mol. The van der Waals surface area contributed by atoms with Gasteiger partial charge in [-0.05, 0) is 24.0 Å². The Morgan fingerprint density at radius 2 is 2.06 bits per heavy atom. The van der Waals surface area contributed by atoms with Crippen molar-refractivity contribution >= 4 is 11.6 Å². The van der Waals surface area contributed by atoms with E-state index >= 15 is 0 Å². The first-order valence-electron chi connectivity index (χ1n) is 6.08. The molecule has 0 radical (unpaired) electrons. The predicted molar refractivity (Wildman–Crippen MR) is 73.5 cm³/mol. The fourth-order valence-electron chi connectivity index (χ4n) is 1.59. The summed E-state index contributed by atoms with van der Waals surface area (Å²) in [7, 11) is 1.68. The van der Waals surface area contributed by atoms with Gasteiger partial charge in [0.05, 0.1) is 5.56 Å². The van der Waals surface area contributed by atoms with Crippen LogP contribution in [0.2, 0.25) is 0 Å². The molecule has 4 heteroatoms. The number of hydrogen-bond acceptors (Lipinski definition) is 3. The number of anilines is 1. The Morgan fingerprint density at radius 3 is 2.67 bits per heavy atom. The average Bonchev–Trinajstić information content (AvgIpc) is 2.34. The van der Waals surface area contributed by atoms with Gasteiger partial charge in [-0.15, -0.1) is 0 Å². The molecule has 3 N–H and O–H groups in total. The van der Waals surface area contributed by atoms with Gasteiger partial charge in [-0.2, -0.15) is 0 Å². The van der Waals surface area contributed by atoms with Crippen molar-refractivity contribution in [2.75, 3.05) is 26.0 Å². The monoisotopic (exact) mass is 250 g/mol. The van der Waals surface area contributed by atoms with Crippen LogP contribution in [0.15, 0.2) is 24.3 Å². The van der Waals surface area contributed by atoms with E-state index in [9.17, 15) is 4.79 Å². The van der Waals surface area contributed by atoms with Gasteiger partial charge in [0, 0.05) is 25.9 Å². The van der Waals surface area contributed by atoms with Gasteiger partial charge in [-0.1, -0.05) is 26.0 Å². The van der Waals surface area contributed by atoms with Crippen molar-refractivity contribution in [3.05, 3.63) is 29.8 Å². The van der Waals surface area contributed by atoms with Gasteiger partial charge in [0.25, 0.3) is 5.91 Å². The van der Waals surface area contributed by atoms with E-state index in [2.05, 4.69) is 19.2 Å². The molecular weight excluding hydrogens is 228 g/mol. The van der Waals surface area contributed by atoms with E-state index in [1.165, 1.54) is 0 Å². The molecule has 1 rings (SSSR count). The zero-order valence-electron chi connectivity index (χ0n) is 11.3. The maximum absolute atomic E-state index is 12.0. The van der Waals surface area contributed by atoms with E-state index in [0.29, 0.717) is 24.4 Å². The fraction of sp³-hybridized carbons (Fsp3) is 0.500. The summed E-state index contributed by atoms with van der Waals surface area (Å²) in [5.41, 5.74) is 6.80. The van der Waals surface area contributed by atoms with E-state index < -0.39 is 0 Å². The standard InChI is InChI=1S/C14H22N2O2/c1-14(2,8-9-18-3)10-16-13(17)11-6-4-5-7-12(11)15/h4-7H,8-10,15H2,1-3H3,(H,16,17). The number of nitrogen functional groups attached to an aromatic ring is 1. The predicted octanol–water partition coefficient (Wildman–Crippen LogP) is 2.06. The number of nitrogens with one attached hydrogen (secondary N) is 1. The first-order chi connectivity index (χ1) is 8.46. The van der Waals surface area contributed by atoms with Gasteiger partial charge in [-0.25, -0.2) is 0 Å². The SMILES string of the molecule is COCCC(C)(C)CNC(=O)c1ccccc1N. The van der Waals surface area contributed by atoms with Gasteiger partial charge in [0.15, 0.2) is 0 Å². The van der Waals surface area contributed by atoms with Crippen molar-refractivity contribution in [3.8, 4) is 0 Å². The number of benzene rings is 1. The molecule has 1 amide bonds. The number of nitrogens with two attached hydrogens (primary N) is 1. The Labute approximate surface area is 109 Å². The number of methoxy groups -OCH3 is 1. The molecular formula is C14H22N2O2. The van der Waals surface area contributed by atoms with E-state index in [1.807, 2.05) is 6.07 Å². The van der Waals surface area contributed by atoms with Crippen LogP contribution in [0.4, 0.5) is 5.69 Å². The summed E-state index contributed by atoms with van der Waals surface area (Å²) in [4.78, 5) is 12.0. The highest BCUT2D eigenvalue weighted by atomic mass is 16.5. The minimum absolute atomic E-state index is 0.00914. The van der Waals surface area contributed by atoms with Crippen LogP contribution in [0, 0.1) is 5.41 Å². The molecule has 0 unspecified atom stereocenters. The summed E-state index contributed by atoms with van der Waals surface area (Å²) in [6.45, 7) is 5.49. The van der Waals surface area contributed by atoms with Crippen molar-refractivity contribution in [2.45, 2.75) is 20.3 Å². The zero-order chi connectivity index (χ0) is 13.6. The minimum Gasteiger partial charge on any atom is -0.398 e. The third kappa shape index (κ3) is 4.37. The second-order valence-electron chi connectivity index (χ2n) is 5.18. The van der Waals surface area contributed by atoms with Crippen molar-refractivity contribution in [1.82, 2.24) is 5.32 Å². The number of carbonyl (C=O) groups excluding carboxylic acids is 1. The van der Waals surface area contributed by atoms with Crippen molar-refractivity contribution in [3.63, 3.8) is 0 Å². The molecule has 0 aliphatic carbocycles. The highest BCUT2D eigenvalue weighted by Crippen LogP contribution is 2.19. The van der Waals surface area contributed by atoms with Crippen LogP contribution >= 0.6 is 0 Å². The zero-order valence-corrected chi connectivity index (χ0v) is 11.3. The Balaban J connectivity index is 2.54. The van der Waals surface area contributed by atoms with E-state index in [1.54, 1.807) is 25.3 Å². The Bertz CT molecular complexity index is 403. The molecule has 0 bridgehead atoms. The first kappa shape index (κ1) is 14.5. The lowest BCUT2D eigenvalue weighted by atomic mass is 9.89. The van der Waals surface area contributed by atoms with Crippen molar-refractivity contribution < 1.29 is 9.53 Å². The van der Waals surface area contributed by atoms with Crippen LogP contribution in [0.25, 0.3) is 0 Å². The van der Waals surface area contributed by atoms with Crippen LogP contribution in [0.5, 0.6) is 0 Å². The first-order valence-corrected chi connectivity index (χ1v) is 6.08. The fourth-order valence-corrected chi connectivity index (χ4v) is 1.59. The molecule has 0 saturated heterocycles. The molecule has 0 aromatic heterocycles. The van der Waals surface area contributed by atoms with Gasteiger partial charge < -0.3 is 15.8 Å². The molecule has 0 saturated carbocycles. The molecule has 0 atom stereocenters. The number of hydrogen-bond donors (Lipinski definition) is 2. The van der Waals surface area contributed by atoms with Crippen LogP contribution in [0.3, 0.4) is 0 Å². The van der Waals surface area contributed by atoms with Crippen LogP contribution in [0.1, 0.15) is 30.6 Å². The molecule has 1 aromatic rings. The smallest absolute Gasteiger partial charge is 0.253 e. The summed E-state index contributed by atoms with van der Waals surface area (Å²) < 4.78 is 5.06. The highest BCUT2D eigenvalue weighted by molar-refractivity contribution is 5.99.